The van der Waals surface area contributed by atoms with Crippen LogP contribution in [0.15, 0.2) is 28.9 Å². The van der Waals surface area contributed by atoms with Gasteiger partial charge in [-0.3, -0.25) is 14.3 Å². The summed E-state index contributed by atoms with van der Waals surface area (Å²) in [7, 11) is -3.64. The van der Waals surface area contributed by atoms with E-state index in [1.165, 1.54) is 51.0 Å². The van der Waals surface area contributed by atoms with Gasteiger partial charge in [-0.05, 0) is 68.2 Å². The Hall–Kier alpha value is -2.79. The van der Waals surface area contributed by atoms with E-state index >= 15 is 0 Å². The fourth-order valence-electron chi connectivity index (χ4n) is 7.13. The molecule has 2 bridgehead atoms. The topological polar surface area (TPSA) is 128 Å². The summed E-state index contributed by atoms with van der Waals surface area (Å²) in [6.07, 6.45) is 10.9. The van der Waals surface area contributed by atoms with Crippen molar-refractivity contribution in [2.45, 2.75) is 102 Å². The van der Waals surface area contributed by atoms with Crippen molar-refractivity contribution < 1.29 is 31.6 Å². The smallest absolute Gasteiger partial charge is 0.273 e. The minimum Gasteiger partial charge on any atom is -0.447 e. The molecule has 5 unspecified atom stereocenters. The zero-order valence-corrected chi connectivity index (χ0v) is 25.3. The van der Waals surface area contributed by atoms with Gasteiger partial charge in [-0.2, -0.15) is 0 Å². The van der Waals surface area contributed by atoms with Crippen LogP contribution in [0.3, 0.4) is 0 Å². The van der Waals surface area contributed by atoms with Gasteiger partial charge < -0.3 is 14.5 Å². The predicted molar refractivity (Wildman–Crippen MR) is 155 cm³/mol. The molecule has 1 saturated carbocycles. The Labute approximate surface area is 247 Å². The molecule has 2 saturated heterocycles. The number of nitrogens with one attached hydrogen (secondary N) is 2. The number of aromatic nitrogens is 1. The number of rotatable bonds is 16. The standard InChI is InChI=1S/C31H42FN3O6S/c1-3-5-6-7-8-9-16-33-29(37)24-19-40-30(34-24)31-23(28(31)25-13-14-26(31)41-25)18-21-17-22(32)12-10-20(21)11-15-27(36)35-42(38,39)4-2/h10,12,17,19,23,25-26,28H,3-9,11,13-16,18H2,1-2H3,(H,33,37)(H,35,36). The maximum Gasteiger partial charge on any atom is 0.273 e. The van der Waals surface area contributed by atoms with Gasteiger partial charge in [-0.1, -0.05) is 45.1 Å². The third-order valence-corrected chi connectivity index (χ3v) is 10.6. The van der Waals surface area contributed by atoms with Crippen LogP contribution in [0.5, 0.6) is 0 Å². The van der Waals surface area contributed by atoms with E-state index in [0.717, 1.165) is 36.8 Å². The van der Waals surface area contributed by atoms with E-state index in [4.69, 9.17) is 9.15 Å². The molecule has 2 amide bonds. The number of oxazole rings is 1. The molecular formula is C31H42FN3O6S. The van der Waals surface area contributed by atoms with E-state index in [1.54, 1.807) is 6.07 Å². The summed E-state index contributed by atoms with van der Waals surface area (Å²) in [6, 6.07) is 4.52. The van der Waals surface area contributed by atoms with Crippen LogP contribution in [0.1, 0.15) is 99.1 Å². The predicted octanol–water partition coefficient (Wildman–Crippen LogP) is 4.59. The Morgan fingerprint density at radius 2 is 1.88 bits per heavy atom. The summed E-state index contributed by atoms with van der Waals surface area (Å²) >= 11 is 0. The molecule has 1 aromatic heterocycles. The number of unbranched alkanes of at least 4 members (excludes halogenated alkanes) is 5. The lowest BCUT2D eigenvalue weighted by Gasteiger charge is -2.20. The second-order valence-corrected chi connectivity index (χ2v) is 13.9. The summed E-state index contributed by atoms with van der Waals surface area (Å²) in [5.41, 5.74) is 1.38. The number of carbonyl (C=O) groups excluding carboxylic acids is 2. The number of halogens is 1. The molecule has 5 rings (SSSR count). The van der Waals surface area contributed by atoms with Crippen LogP contribution in [0.25, 0.3) is 0 Å². The third kappa shape index (κ3) is 6.27. The first kappa shape index (κ1) is 30.7. The van der Waals surface area contributed by atoms with Crippen molar-refractivity contribution in [2.75, 3.05) is 12.3 Å². The summed E-state index contributed by atoms with van der Waals surface area (Å²) < 4.78 is 52.2. The molecule has 2 aromatic rings. The number of ether oxygens (including phenoxy) is 1. The second-order valence-electron chi connectivity index (χ2n) is 11.9. The van der Waals surface area contributed by atoms with E-state index in [2.05, 4.69) is 21.9 Å². The lowest BCUT2D eigenvalue weighted by molar-refractivity contribution is -0.119. The van der Waals surface area contributed by atoms with Crippen molar-refractivity contribution in [1.82, 2.24) is 15.0 Å². The molecule has 3 heterocycles. The lowest BCUT2D eigenvalue weighted by atomic mass is 9.86. The van der Waals surface area contributed by atoms with Crippen molar-refractivity contribution in [1.29, 1.82) is 0 Å². The first-order valence-corrected chi connectivity index (χ1v) is 17.0. The maximum absolute atomic E-state index is 14.4. The largest absolute Gasteiger partial charge is 0.447 e. The molecular weight excluding hydrogens is 561 g/mol. The Balaban J connectivity index is 1.25. The van der Waals surface area contributed by atoms with Crippen molar-refractivity contribution in [2.24, 2.45) is 11.8 Å². The summed E-state index contributed by atoms with van der Waals surface area (Å²) in [5, 5.41) is 2.95. The van der Waals surface area contributed by atoms with E-state index in [1.807, 2.05) is 0 Å². The van der Waals surface area contributed by atoms with Crippen molar-refractivity contribution in [3.8, 4) is 0 Å². The molecule has 11 heteroatoms. The van der Waals surface area contributed by atoms with Crippen LogP contribution < -0.4 is 10.0 Å². The highest BCUT2D eigenvalue weighted by atomic mass is 32.2. The quantitative estimate of drug-likeness (QED) is 0.269. The summed E-state index contributed by atoms with van der Waals surface area (Å²) in [5.74, 6) is -0.620. The third-order valence-electron chi connectivity index (χ3n) is 9.28. The van der Waals surface area contributed by atoms with Gasteiger partial charge in [-0.15, -0.1) is 0 Å². The van der Waals surface area contributed by atoms with E-state index < -0.39 is 21.3 Å². The van der Waals surface area contributed by atoms with Crippen LogP contribution in [-0.4, -0.2) is 49.7 Å². The zero-order chi connectivity index (χ0) is 29.9. The minimum absolute atomic E-state index is 0.0254. The Kier molecular flexibility index (Phi) is 9.37. The molecule has 230 valence electrons. The molecule has 3 fully saturated rings. The van der Waals surface area contributed by atoms with E-state index in [-0.39, 0.29) is 60.1 Å². The average Bonchev–Trinajstić information content (AvgIpc) is 3.39. The number of hydrogen-bond donors (Lipinski definition) is 2. The highest BCUT2D eigenvalue weighted by Crippen LogP contribution is 2.73. The fraction of sp³-hybridized carbons (Fsp3) is 0.645. The molecule has 0 spiro atoms. The van der Waals surface area contributed by atoms with Gasteiger partial charge in [0.05, 0.1) is 23.4 Å². The first-order chi connectivity index (χ1) is 20.2. The average molecular weight is 604 g/mol. The molecule has 0 radical (unpaired) electrons. The van der Waals surface area contributed by atoms with Gasteiger partial charge in [0, 0.05) is 18.9 Å². The number of fused-ring (bicyclic) bond motifs is 5. The number of carbonyl (C=O) groups is 2. The molecule has 2 N–H and O–H groups in total. The van der Waals surface area contributed by atoms with Crippen LogP contribution in [-0.2, 0) is 37.8 Å². The number of amides is 2. The normalized spacial score (nSPS) is 25.8. The SMILES string of the molecule is CCCCCCCCNC(=O)c1coc(C23C4CCC(O4)C2C3Cc2cc(F)ccc2CCC(=O)NS(=O)(=O)CC)n1. The second kappa shape index (κ2) is 12.8. The number of aryl methyl sites for hydroxylation is 1. The van der Waals surface area contributed by atoms with Crippen LogP contribution in [0, 0.1) is 17.7 Å². The highest BCUT2D eigenvalue weighted by molar-refractivity contribution is 7.90. The van der Waals surface area contributed by atoms with Crippen LogP contribution in [0.4, 0.5) is 4.39 Å². The van der Waals surface area contributed by atoms with Gasteiger partial charge in [0.15, 0.2) is 5.69 Å². The number of hydrogen-bond acceptors (Lipinski definition) is 7. The number of sulfonamides is 1. The molecule has 42 heavy (non-hydrogen) atoms. The van der Waals surface area contributed by atoms with Gasteiger partial charge in [-0.25, -0.2) is 17.8 Å². The number of nitrogens with zero attached hydrogens (tertiary/aromatic N) is 1. The van der Waals surface area contributed by atoms with Gasteiger partial charge in [0.25, 0.3) is 5.91 Å². The molecule has 5 atom stereocenters. The zero-order valence-electron chi connectivity index (χ0n) is 24.5. The fourth-order valence-corrected chi connectivity index (χ4v) is 7.72. The Bertz CT molecular complexity index is 1390. The Morgan fingerprint density at radius 1 is 1.10 bits per heavy atom. The monoisotopic (exact) mass is 603 g/mol. The summed E-state index contributed by atoms with van der Waals surface area (Å²) in [6.45, 7) is 4.25. The van der Waals surface area contributed by atoms with Crippen LogP contribution in [0.2, 0.25) is 0 Å². The Morgan fingerprint density at radius 3 is 2.67 bits per heavy atom. The van der Waals surface area contributed by atoms with E-state index in [9.17, 15) is 22.4 Å². The van der Waals surface area contributed by atoms with Gasteiger partial charge in [0.2, 0.25) is 21.8 Å². The molecule has 3 aliphatic rings. The number of benzene rings is 1. The molecule has 2 aliphatic heterocycles. The lowest BCUT2D eigenvalue weighted by Crippen LogP contribution is -2.31. The van der Waals surface area contributed by atoms with Crippen molar-refractivity contribution in [3.05, 3.63) is 53.0 Å². The minimum atomic E-state index is -3.64. The molecule has 1 aliphatic carbocycles. The molecule has 1 aromatic carbocycles. The van der Waals surface area contributed by atoms with Crippen molar-refractivity contribution in [3.63, 3.8) is 0 Å². The molecule has 9 nitrogen and oxygen atoms in total. The van der Waals surface area contributed by atoms with Gasteiger partial charge >= 0.3 is 0 Å². The van der Waals surface area contributed by atoms with E-state index in [0.29, 0.717) is 18.9 Å². The maximum atomic E-state index is 14.4. The van der Waals surface area contributed by atoms with Gasteiger partial charge in [0.1, 0.15) is 12.1 Å². The first-order valence-electron chi connectivity index (χ1n) is 15.4. The summed E-state index contributed by atoms with van der Waals surface area (Å²) in [4.78, 5) is 29.7. The van der Waals surface area contributed by atoms with Crippen molar-refractivity contribution >= 4 is 21.8 Å². The van der Waals surface area contributed by atoms with Crippen LogP contribution >= 0.6 is 0 Å². The highest BCUT2D eigenvalue weighted by Gasteiger charge is 2.80.